The van der Waals surface area contributed by atoms with Crippen molar-refractivity contribution in [3.05, 3.63) is 4.91 Å². The van der Waals surface area contributed by atoms with E-state index in [1.807, 2.05) is 0 Å². The largest absolute Gasteiger partial charge is 0.481 e. The van der Waals surface area contributed by atoms with E-state index in [4.69, 9.17) is 5.11 Å². The predicted molar refractivity (Wildman–Crippen MR) is 83.9 cm³/mol. The molecule has 1 fully saturated rings. The lowest BCUT2D eigenvalue weighted by Crippen LogP contribution is -2.11. The van der Waals surface area contributed by atoms with Crippen LogP contribution in [0.4, 0.5) is 0 Å². The molecule has 0 atom stereocenters. The second-order valence-electron chi connectivity index (χ2n) is 4.60. The minimum Gasteiger partial charge on any atom is -0.481 e. The van der Waals surface area contributed by atoms with E-state index in [0.29, 0.717) is 6.61 Å². The molecule has 3 N–H and O–H groups in total. The summed E-state index contributed by atoms with van der Waals surface area (Å²) in [5.74, 6) is -0.745. The minimum absolute atomic E-state index is 0.222. The normalized spacial score (nSPS) is 12.5. The second-order valence-corrected chi connectivity index (χ2v) is 4.60. The van der Waals surface area contributed by atoms with Gasteiger partial charge in [-0.1, -0.05) is 39.5 Å². The highest BCUT2D eigenvalue weighted by molar-refractivity contribution is 5.66. The Hall–Kier alpha value is -1.21. The van der Waals surface area contributed by atoms with Crippen LogP contribution in [-0.4, -0.2) is 37.4 Å². The van der Waals surface area contributed by atoms with Crippen LogP contribution in [0.5, 0.6) is 0 Å². The summed E-state index contributed by atoms with van der Waals surface area (Å²) in [7, 11) is 0. The van der Waals surface area contributed by atoms with Crippen LogP contribution in [0.25, 0.3) is 0 Å². The zero-order valence-electron chi connectivity index (χ0n) is 13.4. The van der Waals surface area contributed by atoms with Gasteiger partial charge in [-0.2, -0.15) is 0 Å². The molecule has 0 unspecified atom stereocenters. The summed E-state index contributed by atoms with van der Waals surface area (Å²) < 4.78 is 0. The van der Waals surface area contributed by atoms with Crippen molar-refractivity contribution < 1.29 is 14.7 Å². The van der Waals surface area contributed by atoms with Gasteiger partial charge in [0, 0.05) is 26.2 Å². The van der Waals surface area contributed by atoms with E-state index in [-0.39, 0.29) is 6.42 Å². The maximum Gasteiger partial charge on any atom is 0.303 e. The Bertz CT molecular complexity index is 217. The fraction of sp³-hybridized carbons (Fsp3) is 0.929. The van der Waals surface area contributed by atoms with Crippen LogP contribution in [0.1, 0.15) is 58.8 Å². The Balaban J connectivity index is 0. The summed E-state index contributed by atoms with van der Waals surface area (Å²) in [4.78, 5) is 23.1. The third-order valence-electron chi connectivity index (χ3n) is 2.67. The van der Waals surface area contributed by atoms with Crippen molar-refractivity contribution in [1.82, 2.24) is 10.6 Å². The summed E-state index contributed by atoms with van der Waals surface area (Å²) in [6, 6.07) is 0. The maximum atomic E-state index is 9.47. The van der Waals surface area contributed by atoms with Gasteiger partial charge in [0.05, 0.1) is 0 Å². The molecule has 126 valence electrons. The standard InChI is InChI=1S/C8H17NO2.C3H8N2.C3H6O2/c1-2-3-4-5-6-7-8-11-9-10;1-2-5-3-4-1;1-2-3(4)5/h2-8H2,1H3;4-5H,1-3H2;2H2,1H3,(H,4,5). The molecule has 1 saturated heterocycles. The van der Waals surface area contributed by atoms with Crippen molar-refractivity contribution in [3.8, 4) is 0 Å². The van der Waals surface area contributed by atoms with Crippen LogP contribution in [-0.2, 0) is 9.63 Å². The molecule has 0 spiro atoms. The van der Waals surface area contributed by atoms with Crippen molar-refractivity contribution in [1.29, 1.82) is 0 Å². The van der Waals surface area contributed by atoms with Gasteiger partial charge in [-0.15, -0.1) is 4.91 Å². The fourth-order valence-electron chi connectivity index (χ4n) is 1.43. The van der Waals surface area contributed by atoms with Gasteiger partial charge in [-0.05, 0) is 12.8 Å². The van der Waals surface area contributed by atoms with Gasteiger partial charge in [0.1, 0.15) is 6.61 Å². The number of hydrogen-bond donors (Lipinski definition) is 3. The zero-order valence-corrected chi connectivity index (χ0v) is 13.4. The van der Waals surface area contributed by atoms with Crippen molar-refractivity contribution in [2.24, 2.45) is 5.34 Å². The van der Waals surface area contributed by atoms with Gasteiger partial charge in [0.25, 0.3) is 0 Å². The molecule has 1 aliphatic heterocycles. The summed E-state index contributed by atoms with van der Waals surface area (Å²) in [5.41, 5.74) is 0. The number of unbranched alkanes of at least 4 members (excludes halogenated alkanes) is 5. The molecule has 7 nitrogen and oxygen atoms in total. The maximum absolute atomic E-state index is 9.47. The van der Waals surface area contributed by atoms with Crippen LogP contribution in [0.3, 0.4) is 0 Å². The number of hydrogen-bond acceptors (Lipinski definition) is 6. The third kappa shape index (κ3) is 27.9. The van der Waals surface area contributed by atoms with Crippen LogP contribution in [0.15, 0.2) is 5.34 Å². The van der Waals surface area contributed by atoms with Crippen molar-refractivity contribution in [2.45, 2.75) is 58.8 Å². The van der Waals surface area contributed by atoms with Crippen molar-refractivity contribution in [2.75, 3.05) is 26.4 Å². The lowest BCUT2D eigenvalue weighted by molar-refractivity contribution is -0.136. The topological polar surface area (TPSA) is 100 Å². The highest BCUT2D eigenvalue weighted by Gasteiger charge is 1.90. The van der Waals surface area contributed by atoms with E-state index in [9.17, 15) is 9.70 Å². The first-order valence-electron chi connectivity index (χ1n) is 7.76. The van der Waals surface area contributed by atoms with Gasteiger partial charge in [0.2, 0.25) is 0 Å². The number of carboxylic acids is 1. The number of carbonyl (C=O) groups is 1. The lowest BCUT2D eigenvalue weighted by Gasteiger charge is -1.97. The molecule has 0 aliphatic carbocycles. The van der Waals surface area contributed by atoms with E-state index >= 15 is 0 Å². The monoisotopic (exact) mass is 305 g/mol. The van der Waals surface area contributed by atoms with Crippen LogP contribution >= 0.6 is 0 Å². The fourth-order valence-corrected chi connectivity index (χ4v) is 1.43. The van der Waals surface area contributed by atoms with Gasteiger partial charge in [-0.25, -0.2) is 0 Å². The van der Waals surface area contributed by atoms with Crippen LogP contribution in [0.2, 0.25) is 0 Å². The predicted octanol–water partition coefficient (Wildman–Crippen LogP) is 2.66. The van der Waals surface area contributed by atoms with E-state index in [1.165, 1.54) is 25.7 Å². The molecule has 0 radical (unpaired) electrons. The van der Waals surface area contributed by atoms with E-state index in [2.05, 4.69) is 27.7 Å². The average molecular weight is 305 g/mol. The summed E-state index contributed by atoms with van der Waals surface area (Å²) in [5, 5.41) is 16.3. The molecule has 0 amide bonds. The van der Waals surface area contributed by atoms with Gasteiger partial charge < -0.3 is 20.6 Å². The molecule has 0 aromatic carbocycles. The summed E-state index contributed by atoms with van der Waals surface area (Å²) in [6.45, 7) is 7.55. The number of rotatable bonds is 9. The van der Waals surface area contributed by atoms with E-state index in [1.54, 1.807) is 6.92 Å². The Labute approximate surface area is 127 Å². The molecule has 1 aliphatic rings. The lowest BCUT2D eigenvalue weighted by atomic mass is 10.1. The molecule has 0 bridgehead atoms. The van der Waals surface area contributed by atoms with Gasteiger partial charge >= 0.3 is 5.97 Å². The first-order chi connectivity index (χ1) is 10.2. The third-order valence-corrected chi connectivity index (χ3v) is 2.67. The molecule has 0 saturated carbocycles. The van der Waals surface area contributed by atoms with Crippen molar-refractivity contribution in [3.63, 3.8) is 0 Å². The van der Waals surface area contributed by atoms with Gasteiger partial charge in [-0.3, -0.25) is 4.79 Å². The molecule has 1 heterocycles. The van der Waals surface area contributed by atoms with Gasteiger partial charge in [0.15, 0.2) is 5.34 Å². The molecule has 0 aromatic rings. The van der Waals surface area contributed by atoms with E-state index < -0.39 is 5.97 Å². The SMILES string of the molecule is C1CNCN1.CCC(=O)O.CCCCCCCCON=O. The van der Waals surface area contributed by atoms with Crippen molar-refractivity contribution >= 4 is 5.97 Å². The van der Waals surface area contributed by atoms with Crippen LogP contribution < -0.4 is 10.6 Å². The van der Waals surface area contributed by atoms with E-state index in [0.717, 1.165) is 32.6 Å². The Morgan fingerprint density at radius 1 is 1.10 bits per heavy atom. The first-order valence-corrected chi connectivity index (χ1v) is 7.76. The molecule has 1 rings (SSSR count). The molecule has 21 heavy (non-hydrogen) atoms. The molecular weight excluding hydrogens is 274 g/mol. The number of nitrogens with zero attached hydrogens (tertiary/aromatic N) is 1. The summed E-state index contributed by atoms with van der Waals surface area (Å²) in [6.07, 6.45) is 7.45. The zero-order chi connectivity index (χ0) is 16.2. The highest BCUT2D eigenvalue weighted by atomic mass is 16.7. The Kier molecular flexibility index (Phi) is 22.2. The minimum atomic E-state index is -0.745. The highest BCUT2D eigenvalue weighted by Crippen LogP contribution is 2.04. The smallest absolute Gasteiger partial charge is 0.303 e. The second kappa shape index (κ2) is 21.1. The number of aliphatic carboxylic acids is 1. The average Bonchev–Trinajstić information content (AvgIpc) is 3.06. The Morgan fingerprint density at radius 3 is 2.00 bits per heavy atom. The Morgan fingerprint density at radius 2 is 1.62 bits per heavy atom. The first kappa shape index (κ1) is 22.1. The van der Waals surface area contributed by atoms with Crippen LogP contribution in [0, 0.1) is 4.91 Å². The number of nitrogens with one attached hydrogen (secondary N) is 2. The molecular formula is C14H31N3O4. The summed E-state index contributed by atoms with van der Waals surface area (Å²) >= 11 is 0. The quantitative estimate of drug-likeness (QED) is 0.344. The molecule has 7 heteroatoms. The number of carboxylic acid groups (broad SMARTS) is 1. The molecule has 0 aromatic heterocycles.